The Bertz CT molecular complexity index is 1240. The molecule has 0 aliphatic carbocycles. The van der Waals surface area contributed by atoms with E-state index in [-0.39, 0.29) is 12.5 Å². The number of ether oxygens (including phenoxy) is 1. The van der Waals surface area contributed by atoms with E-state index in [0.29, 0.717) is 23.1 Å². The minimum Gasteiger partial charge on any atom is -0.495 e. The fraction of sp³-hybridized carbons (Fsp3) is 0.160. The molecule has 2 heterocycles. The van der Waals surface area contributed by atoms with E-state index in [2.05, 4.69) is 25.6 Å². The Labute approximate surface area is 191 Å². The Balaban J connectivity index is 1.54. The summed E-state index contributed by atoms with van der Waals surface area (Å²) in [4.78, 5) is 24.8. The Kier molecular flexibility index (Phi) is 6.66. The van der Waals surface area contributed by atoms with Gasteiger partial charge in [-0.25, -0.2) is 9.97 Å². The molecule has 1 atom stereocenters. The highest BCUT2D eigenvalue weighted by molar-refractivity contribution is 5.94. The van der Waals surface area contributed by atoms with Crippen molar-refractivity contribution in [2.45, 2.75) is 13.0 Å². The number of hydrogen-bond donors (Lipinski definition) is 4. The van der Waals surface area contributed by atoms with Crippen molar-refractivity contribution < 1.29 is 14.6 Å². The maximum Gasteiger partial charge on any atom is 0.268 e. The number of rotatable bonds is 8. The molecule has 2 aromatic carbocycles. The van der Waals surface area contributed by atoms with E-state index < -0.39 is 6.04 Å². The lowest BCUT2D eigenvalue weighted by atomic mass is 10.1. The summed E-state index contributed by atoms with van der Waals surface area (Å²) in [6.45, 7) is 1.71. The van der Waals surface area contributed by atoms with Crippen molar-refractivity contribution in [2.24, 2.45) is 0 Å². The van der Waals surface area contributed by atoms with Crippen LogP contribution in [0.1, 0.15) is 27.7 Å². The predicted molar refractivity (Wildman–Crippen MR) is 127 cm³/mol. The molecule has 0 aliphatic heterocycles. The summed E-state index contributed by atoms with van der Waals surface area (Å²) in [5.74, 6) is 0.778. The fourth-order valence-electron chi connectivity index (χ4n) is 3.48. The number of hydrogen-bond acceptors (Lipinski definition) is 6. The van der Waals surface area contributed by atoms with Gasteiger partial charge in [0, 0.05) is 18.0 Å². The van der Waals surface area contributed by atoms with Crippen LogP contribution in [0.25, 0.3) is 11.3 Å². The van der Waals surface area contributed by atoms with Gasteiger partial charge in [0.2, 0.25) is 5.95 Å². The van der Waals surface area contributed by atoms with Crippen LogP contribution in [0.2, 0.25) is 0 Å². The molecule has 4 rings (SSSR count). The number of aliphatic hydroxyl groups is 1. The highest BCUT2D eigenvalue weighted by atomic mass is 16.5. The summed E-state index contributed by atoms with van der Waals surface area (Å²) >= 11 is 0. The highest BCUT2D eigenvalue weighted by Gasteiger charge is 2.17. The third-order valence-electron chi connectivity index (χ3n) is 5.22. The topological polar surface area (TPSA) is 112 Å². The van der Waals surface area contributed by atoms with Gasteiger partial charge >= 0.3 is 0 Å². The largest absolute Gasteiger partial charge is 0.495 e. The summed E-state index contributed by atoms with van der Waals surface area (Å²) in [5, 5.41) is 15.8. The SMILES string of the molecule is COc1ccccc1Nc1ncc(C)c(-c2c[nH]c(C(=O)NC(CO)c3ccccc3)c2)n1. The first-order valence-electron chi connectivity index (χ1n) is 10.5. The second kappa shape index (κ2) is 9.97. The lowest BCUT2D eigenvalue weighted by Crippen LogP contribution is -2.30. The van der Waals surface area contributed by atoms with Gasteiger partial charge in [-0.1, -0.05) is 42.5 Å². The number of carbonyl (C=O) groups is 1. The molecule has 0 spiro atoms. The number of benzene rings is 2. The van der Waals surface area contributed by atoms with Gasteiger partial charge < -0.3 is 25.5 Å². The molecule has 33 heavy (non-hydrogen) atoms. The number of carbonyl (C=O) groups excluding carboxylic acids is 1. The molecule has 0 fully saturated rings. The minimum atomic E-state index is -0.497. The van der Waals surface area contributed by atoms with E-state index in [9.17, 15) is 9.90 Å². The first-order chi connectivity index (χ1) is 16.1. The van der Waals surface area contributed by atoms with Crippen LogP contribution in [0.3, 0.4) is 0 Å². The van der Waals surface area contributed by atoms with Crippen LogP contribution in [0, 0.1) is 6.92 Å². The van der Waals surface area contributed by atoms with Crippen molar-refractivity contribution in [1.29, 1.82) is 0 Å². The number of aromatic amines is 1. The maximum atomic E-state index is 12.8. The van der Waals surface area contributed by atoms with Gasteiger partial charge in [0.05, 0.1) is 31.1 Å². The molecule has 0 saturated carbocycles. The second-order valence-electron chi connectivity index (χ2n) is 7.47. The summed E-state index contributed by atoms with van der Waals surface area (Å²) in [5.41, 5.74) is 4.27. The van der Waals surface area contributed by atoms with Crippen molar-refractivity contribution in [3.05, 3.63) is 89.9 Å². The molecule has 0 radical (unpaired) electrons. The number of amides is 1. The van der Waals surface area contributed by atoms with Gasteiger partial charge in [-0.15, -0.1) is 0 Å². The summed E-state index contributed by atoms with van der Waals surface area (Å²) < 4.78 is 5.37. The number of nitrogens with zero attached hydrogens (tertiary/aromatic N) is 2. The van der Waals surface area contributed by atoms with Gasteiger partial charge in [-0.2, -0.15) is 0 Å². The van der Waals surface area contributed by atoms with Crippen LogP contribution in [0.5, 0.6) is 5.75 Å². The number of aromatic nitrogens is 3. The smallest absolute Gasteiger partial charge is 0.268 e. The van der Waals surface area contributed by atoms with E-state index in [1.165, 1.54) is 0 Å². The number of aliphatic hydroxyl groups excluding tert-OH is 1. The Hall–Kier alpha value is -4.17. The third-order valence-corrected chi connectivity index (χ3v) is 5.22. The average Bonchev–Trinajstić information content (AvgIpc) is 3.35. The number of aryl methyl sites for hydroxylation is 1. The molecule has 0 saturated heterocycles. The summed E-state index contributed by atoms with van der Waals surface area (Å²) in [6, 6.07) is 18.1. The lowest BCUT2D eigenvalue weighted by Gasteiger charge is -2.16. The predicted octanol–water partition coefficient (Wildman–Crippen LogP) is 4.00. The van der Waals surface area contributed by atoms with Crippen LogP contribution < -0.4 is 15.4 Å². The molecule has 8 heteroatoms. The number of H-pyrrole nitrogens is 1. The Morgan fingerprint density at radius 1 is 1.15 bits per heavy atom. The Morgan fingerprint density at radius 2 is 1.91 bits per heavy atom. The molecule has 168 valence electrons. The molecule has 2 aromatic heterocycles. The number of nitrogens with one attached hydrogen (secondary N) is 3. The van der Waals surface area contributed by atoms with Crippen molar-refractivity contribution in [1.82, 2.24) is 20.3 Å². The quantitative estimate of drug-likeness (QED) is 0.328. The van der Waals surface area contributed by atoms with Crippen molar-refractivity contribution in [2.75, 3.05) is 19.0 Å². The van der Waals surface area contributed by atoms with E-state index in [4.69, 9.17) is 4.74 Å². The van der Waals surface area contributed by atoms with Crippen LogP contribution in [0.15, 0.2) is 73.1 Å². The van der Waals surface area contributed by atoms with Crippen molar-refractivity contribution >= 4 is 17.5 Å². The standard InChI is InChI=1S/C25H25N5O3/c1-16-13-27-25(29-19-10-6-7-11-22(19)33-2)30-23(16)18-12-20(26-14-18)24(32)28-21(15-31)17-8-4-3-5-9-17/h3-14,21,26,31H,15H2,1-2H3,(H,28,32)(H,27,29,30). The minimum absolute atomic E-state index is 0.202. The summed E-state index contributed by atoms with van der Waals surface area (Å²) in [6.07, 6.45) is 3.46. The molecule has 1 unspecified atom stereocenters. The molecule has 1 amide bonds. The van der Waals surface area contributed by atoms with Crippen molar-refractivity contribution in [3.8, 4) is 17.0 Å². The molecule has 0 bridgehead atoms. The van der Waals surface area contributed by atoms with Crippen LogP contribution in [-0.2, 0) is 0 Å². The fourth-order valence-corrected chi connectivity index (χ4v) is 3.48. The van der Waals surface area contributed by atoms with E-state index >= 15 is 0 Å². The second-order valence-corrected chi connectivity index (χ2v) is 7.47. The summed E-state index contributed by atoms with van der Waals surface area (Å²) in [7, 11) is 1.60. The molecule has 4 N–H and O–H groups in total. The first kappa shape index (κ1) is 22.0. The van der Waals surface area contributed by atoms with E-state index in [0.717, 1.165) is 22.4 Å². The van der Waals surface area contributed by atoms with Crippen LogP contribution in [-0.4, -0.2) is 39.7 Å². The molecular formula is C25H25N5O3. The zero-order chi connectivity index (χ0) is 23.2. The maximum absolute atomic E-state index is 12.8. The number of methoxy groups -OCH3 is 1. The average molecular weight is 444 g/mol. The third kappa shape index (κ3) is 5.02. The Morgan fingerprint density at radius 3 is 2.67 bits per heavy atom. The van der Waals surface area contributed by atoms with Gasteiger partial charge in [-0.05, 0) is 36.2 Å². The lowest BCUT2D eigenvalue weighted by molar-refractivity contribution is 0.0912. The molecular weight excluding hydrogens is 418 g/mol. The number of para-hydroxylation sites is 2. The molecule has 0 aliphatic rings. The molecule has 8 nitrogen and oxygen atoms in total. The van der Waals surface area contributed by atoms with Gasteiger partial charge in [0.1, 0.15) is 11.4 Å². The zero-order valence-corrected chi connectivity index (χ0v) is 18.4. The van der Waals surface area contributed by atoms with E-state index in [1.807, 2.05) is 61.5 Å². The van der Waals surface area contributed by atoms with Crippen LogP contribution in [0.4, 0.5) is 11.6 Å². The highest BCUT2D eigenvalue weighted by Crippen LogP contribution is 2.28. The first-order valence-corrected chi connectivity index (χ1v) is 10.5. The van der Waals surface area contributed by atoms with Gasteiger partial charge in [-0.3, -0.25) is 4.79 Å². The normalized spacial score (nSPS) is 11.6. The van der Waals surface area contributed by atoms with Crippen molar-refractivity contribution in [3.63, 3.8) is 0 Å². The number of anilines is 2. The van der Waals surface area contributed by atoms with Crippen LogP contribution >= 0.6 is 0 Å². The molecule has 4 aromatic rings. The zero-order valence-electron chi connectivity index (χ0n) is 18.4. The van der Waals surface area contributed by atoms with E-state index in [1.54, 1.807) is 25.6 Å². The monoisotopic (exact) mass is 443 g/mol. The van der Waals surface area contributed by atoms with Gasteiger partial charge in [0.25, 0.3) is 5.91 Å². The van der Waals surface area contributed by atoms with Gasteiger partial charge in [0.15, 0.2) is 0 Å².